The highest BCUT2D eigenvalue weighted by Gasteiger charge is 2.18. The van der Waals surface area contributed by atoms with E-state index in [1.807, 2.05) is 0 Å². The third-order valence-electron chi connectivity index (χ3n) is 1.78. The highest BCUT2D eigenvalue weighted by molar-refractivity contribution is 9.10. The first kappa shape index (κ1) is 9.97. The molecule has 0 aliphatic rings. The van der Waals surface area contributed by atoms with E-state index in [4.69, 9.17) is 13.9 Å². The molecule has 0 aromatic carbocycles. The number of halogens is 1. The fraction of sp³-hybridized carbons (Fsp3) is 0.111. The van der Waals surface area contributed by atoms with Crippen LogP contribution in [0.1, 0.15) is 16.2 Å². The Morgan fingerprint density at radius 2 is 2.20 bits per heavy atom. The van der Waals surface area contributed by atoms with Gasteiger partial charge in [-0.05, 0) is 35.0 Å². The maximum absolute atomic E-state index is 10.7. The maximum Gasteiger partial charge on any atom is 0.358 e. The Hall–Kier alpha value is -1.56. The quantitative estimate of drug-likeness (QED) is 0.909. The maximum atomic E-state index is 10.7. The van der Waals surface area contributed by atoms with E-state index in [-0.39, 0.29) is 17.3 Å². The van der Waals surface area contributed by atoms with Crippen molar-refractivity contribution in [2.45, 2.75) is 6.92 Å². The van der Waals surface area contributed by atoms with Crippen LogP contribution in [-0.2, 0) is 0 Å². The first-order valence-corrected chi connectivity index (χ1v) is 4.83. The lowest BCUT2D eigenvalue weighted by Crippen LogP contribution is -1.98. The van der Waals surface area contributed by atoms with Crippen LogP contribution in [0.2, 0.25) is 0 Å². The van der Waals surface area contributed by atoms with Gasteiger partial charge in [0.25, 0.3) is 5.89 Å². The second-order valence-corrected chi connectivity index (χ2v) is 3.61. The molecule has 0 radical (unpaired) electrons. The van der Waals surface area contributed by atoms with E-state index < -0.39 is 5.97 Å². The molecule has 0 unspecified atom stereocenters. The van der Waals surface area contributed by atoms with Crippen molar-refractivity contribution in [2.24, 2.45) is 0 Å². The topological polar surface area (TPSA) is 76.5 Å². The van der Waals surface area contributed by atoms with Gasteiger partial charge in [-0.3, -0.25) is 0 Å². The predicted molar refractivity (Wildman–Crippen MR) is 53.6 cm³/mol. The molecule has 0 aliphatic carbocycles. The zero-order chi connectivity index (χ0) is 11.0. The average Bonchev–Trinajstić information content (AvgIpc) is 2.71. The SMILES string of the molecule is Cc1oc(-c2ccc(Br)o2)nc1C(=O)O. The molecule has 0 saturated carbocycles. The highest BCUT2D eigenvalue weighted by atomic mass is 79.9. The minimum absolute atomic E-state index is 0.0995. The van der Waals surface area contributed by atoms with E-state index in [0.29, 0.717) is 10.4 Å². The molecule has 2 rings (SSSR count). The summed E-state index contributed by atoms with van der Waals surface area (Å²) in [5.41, 5.74) is -0.0995. The molecule has 0 saturated heterocycles. The minimum atomic E-state index is -1.12. The van der Waals surface area contributed by atoms with Gasteiger partial charge in [0.05, 0.1) is 0 Å². The number of hydrogen-bond donors (Lipinski definition) is 1. The van der Waals surface area contributed by atoms with Gasteiger partial charge in [-0.2, -0.15) is 4.98 Å². The van der Waals surface area contributed by atoms with E-state index in [1.165, 1.54) is 6.92 Å². The molecule has 2 aromatic rings. The Morgan fingerprint density at radius 3 is 2.67 bits per heavy atom. The summed E-state index contributed by atoms with van der Waals surface area (Å²) in [6.45, 7) is 1.54. The fourth-order valence-corrected chi connectivity index (χ4v) is 1.44. The van der Waals surface area contributed by atoms with Crippen LogP contribution in [0.5, 0.6) is 0 Å². The van der Waals surface area contributed by atoms with Crippen molar-refractivity contribution in [1.82, 2.24) is 4.98 Å². The van der Waals surface area contributed by atoms with Crippen molar-refractivity contribution in [3.63, 3.8) is 0 Å². The zero-order valence-electron chi connectivity index (χ0n) is 7.65. The molecule has 0 aliphatic heterocycles. The van der Waals surface area contributed by atoms with Crippen molar-refractivity contribution in [3.8, 4) is 11.7 Å². The van der Waals surface area contributed by atoms with Gasteiger partial charge in [-0.15, -0.1) is 0 Å². The number of carbonyl (C=O) groups is 1. The number of carboxylic acids is 1. The largest absolute Gasteiger partial charge is 0.476 e. The molecule has 0 atom stereocenters. The van der Waals surface area contributed by atoms with Gasteiger partial charge in [-0.1, -0.05) is 0 Å². The Morgan fingerprint density at radius 1 is 1.47 bits per heavy atom. The monoisotopic (exact) mass is 271 g/mol. The molecular formula is C9H6BrNO4. The van der Waals surface area contributed by atoms with E-state index in [9.17, 15) is 4.79 Å². The van der Waals surface area contributed by atoms with Gasteiger partial charge >= 0.3 is 5.97 Å². The smallest absolute Gasteiger partial charge is 0.358 e. The summed E-state index contributed by atoms with van der Waals surface area (Å²) in [4.78, 5) is 14.5. The first-order valence-electron chi connectivity index (χ1n) is 4.04. The van der Waals surface area contributed by atoms with E-state index >= 15 is 0 Å². The summed E-state index contributed by atoms with van der Waals surface area (Å²) in [6, 6.07) is 3.32. The standard InChI is InChI=1S/C9H6BrNO4/c1-4-7(9(12)13)11-8(14-4)5-2-3-6(10)15-5/h2-3H,1H3,(H,12,13). The van der Waals surface area contributed by atoms with Gasteiger partial charge in [-0.25, -0.2) is 4.79 Å². The normalized spacial score (nSPS) is 10.5. The number of aromatic carboxylic acids is 1. The summed E-state index contributed by atoms with van der Waals surface area (Å²) < 4.78 is 10.9. The first-order chi connectivity index (χ1) is 7.08. The van der Waals surface area contributed by atoms with Crippen molar-refractivity contribution in [2.75, 3.05) is 0 Å². The molecular weight excluding hydrogens is 266 g/mol. The Kier molecular flexibility index (Phi) is 2.36. The van der Waals surface area contributed by atoms with Crippen LogP contribution >= 0.6 is 15.9 Å². The number of aromatic nitrogens is 1. The molecule has 15 heavy (non-hydrogen) atoms. The number of carboxylic acid groups (broad SMARTS) is 1. The van der Waals surface area contributed by atoms with Crippen molar-refractivity contribution in [1.29, 1.82) is 0 Å². The lowest BCUT2D eigenvalue weighted by Gasteiger charge is -1.85. The van der Waals surface area contributed by atoms with Crippen molar-refractivity contribution in [3.05, 3.63) is 28.3 Å². The third kappa shape index (κ3) is 1.80. The van der Waals surface area contributed by atoms with Crippen LogP contribution in [0.25, 0.3) is 11.7 Å². The number of hydrogen-bond acceptors (Lipinski definition) is 4. The molecule has 78 valence electrons. The number of oxazole rings is 1. The lowest BCUT2D eigenvalue weighted by molar-refractivity contribution is 0.0689. The number of aryl methyl sites for hydroxylation is 1. The molecule has 0 spiro atoms. The van der Waals surface area contributed by atoms with Gasteiger partial charge in [0.2, 0.25) is 0 Å². The fourth-order valence-electron chi connectivity index (χ4n) is 1.13. The lowest BCUT2D eigenvalue weighted by atomic mass is 10.4. The van der Waals surface area contributed by atoms with Gasteiger partial charge in [0.1, 0.15) is 5.76 Å². The number of rotatable bonds is 2. The highest BCUT2D eigenvalue weighted by Crippen LogP contribution is 2.25. The van der Waals surface area contributed by atoms with Crippen LogP contribution in [0.15, 0.2) is 25.6 Å². The van der Waals surface area contributed by atoms with Crippen molar-refractivity contribution >= 4 is 21.9 Å². The van der Waals surface area contributed by atoms with Crippen LogP contribution in [0.3, 0.4) is 0 Å². The average molecular weight is 272 g/mol. The van der Waals surface area contributed by atoms with E-state index in [1.54, 1.807) is 12.1 Å². The number of nitrogens with zero attached hydrogens (tertiary/aromatic N) is 1. The van der Waals surface area contributed by atoms with Crippen LogP contribution in [0, 0.1) is 6.92 Å². The molecule has 6 heteroatoms. The van der Waals surface area contributed by atoms with Crippen molar-refractivity contribution < 1.29 is 18.7 Å². The Balaban J connectivity index is 2.46. The van der Waals surface area contributed by atoms with Crippen LogP contribution < -0.4 is 0 Å². The molecule has 2 aromatic heterocycles. The van der Waals surface area contributed by atoms with E-state index in [2.05, 4.69) is 20.9 Å². The summed E-state index contributed by atoms with van der Waals surface area (Å²) >= 11 is 3.13. The number of furan rings is 1. The molecule has 5 nitrogen and oxygen atoms in total. The van der Waals surface area contributed by atoms with Gasteiger partial charge in [0.15, 0.2) is 16.1 Å². The molecule has 0 amide bonds. The molecule has 0 fully saturated rings. The second-order valence-electron chi connectivity index (χ2n) is 2.83. The summed E-state index contributed by atoms with van der Waals surface area (Å²) in [6.07, 6.45) is 0. The molecule has 1 N–H and O–H groups in total. The zero-order valence-corrected chi connectivity index (χ0v) is 9.24. The second kappa shape index (κ2) is 3.54. The summed E-state index contributed by atoms with van der Waals surface area (Å²) in [5.74, 6) is -0.314. The minimum Gasteiger partial charge on any atom is -0.476 e. The molecule has 2 heterocycles. The van der Waals surface area contributed by atoms with Gasteiger partial charge < -0.3 is 13.9 Å². The summed E-state index contributed by atoms with van der Waals surface area (Å²) in [7, 11) is 0. The van der Waals surface area contributed by atoms with E-state index in [0.717, 1.165) is 0 Å². The van der Waals surface area contributed by atoms with Gasteiger partial charge in [0, 0.05) is 0 Å². The third-order valence-corrected chi connectivity index (χ3v) is 2.21. The Bertz CT molecular complexity index is 514. The van der Waals surface area contributed by atoms with Crippen LogP contribution in [-0.4, -0.2) is 16.1 Å². The van der Waals surface area contributed by atoms with Crippen LogP contribution in [0.4, 0.5) is 0 Å². The predicted octanol–water partition coefficient (Wildman–Crippen LogP) is 2.70. The summed E-state index contributed by atoms with van der Waals surface area (Å²) in [5, 5.41) is 8.77. The molecule has 0 bridgehead atoms. The Labute approximate surface area is 92.8 Å².